The third-order valence-electron chi connectivity index (χ3n) is 4.52. The molecule has 0 spiro atoms. The molecule has 6 heteroatoms. The fourth-order valence-corrected chi connectivity index (χ4v) is 3.25. The third-order valence-corrected chi connectivity index (χ3v) is 4.52. The van der Waals surface area contributed by atoms with Gasteiger partial charge in [-0.1, -0.05) is 42.5 Å². The van der Waals surface area contributed by atoms with E-state index < -0.39 is 0 Å². The van der Waals surface area contributed by atoms with Gasteiger partial charge in [-0.15, -0.1) is 0 Å². The van der Waals surface area contributed by atoms with Crippen molar-refractivity contribution in [2.45, 2.75) is 19.5 Å². The number of rotatable bonds is 3. The van der Waals surface area contributed by atoms with Crippen LogP contribution < -0.4 is 5.43 Å². The first kappa shape index (κ1) is 15.8. The predicted molar refractivity (Wildman–Crippen MR) is 92.9 cm³/mol. The number of carbonyl (C=O) groups is 1. The number of hydrogen-bond donors (Lipinski definition) is 1. The summed E-state index contributed by atoms with van der Waals surface area (Å²) in [5.74, 6) is 0.374. The van der Waals surface area contributed by atoms with Crippen molar-refractivity contribution in [1.29, 1.82) is 0 Å². The number of fused-ring (bicyclic) bond motifs is 1. The summed E-state index contributed by atoms with van der Waals surface area (Å²) in [5, 5.41) is 1.89. The minimum absolute atomic E-state index is 0.0119. The average molecular weight is 338 g/mol. The highest BCUT2D eigenvalue weighted by atomic mass is 19.1. The Labute approximate surface area is 145 Å². The van der Waals surface area contributed by atoms with E-state index >= 15 is 0 Å². The number of carbonyl (C=O) groups excluding carboxylic acids is 1. The molecule has 2 aromatic rings. The van der Waals surface area contributed by atoms with E-state index in [-0.39, 0.29) is 11.7 Å². The third kappa shape index (κ3) is 3.25. The molecule has 5 nitrogen and oxygen atoms in total. The molecule has 2 aliphatic heterocycles. The maximum absolute atomic E-state index is 13.9. The van der Waals surface area contributed by atoms with Crippen molar-refractivity contribution < 1.29 is 9.18 Å². The molecule has 0 fully saturated rings. The van der Waals surface area contributed by atoms with E-state index in [1.54, 1.807) is 11.0 Å². The molecule has 0 saturated heterocycles. The van der Waals surface area contributed by atoms with Gasteiger partial charge in [0.25, 0.3) is 0 Å². The van der Waals surface area contributed by atoms with Gasteiger partial charge in [-0.25, -0.2) is 14.4 Å². The molecule has 4 rings (SSSR count). The van der Waals surface area contributed by atoms with Gasteiger partial charge >= 0.3 is 0 Å². The van der Waals surface area contributed by atoms with Gasteiger partial charge in [0, 0.05) is 25.2 Å². The highest BCUT2D eigenvalue weighted by Gasteiger charge is 2.28. The normalized spacial score (nSPS) is 16.7. The molecule has 2 heterocycles. The lowest BCUT2D eigenvalue weighted by atomic mass is 10.1. The number of hydrazine groups is 1. The second kappa shape index (κ2) is 6.64. The van der Waals surface area contributed by atoms with Gasteiger partial charge in [-0.3, -0.25) is 15.1 Å². The Bertz CT molecular complexity index is 821. The molecule has 0 aromatic heterocycles. The van der Waals surface area contributed by atoms with E-state index in [0.717, 1.165) is 11.1 Å². The number of aliphatic imine (C=N–C) groups is 1. The molecular weight excluding hydrogens is 319 g/mol. The summed E-state index contributed by atoms with van der Waals surface area (Å²) in [6.07, 6.45) is 0.344. The molecule has 1 amide bonds. The zero-order chi connectivity index (χ0) is 17.2. The van der Waals surface area contributed by atoms with Crippen molar-refractivity contribution in [3.63, 3.8) is 0 Å². The van der Waals surface area contributed by atoms with Crippen molar-refractivity contribution >= 4 is 11.9 Å². The van der Waals surface area contributed by atoms with Gasteiger partial charge < -0.3 is 0 Å². The summed E-state index contributed by atoms with van der Waals surface area (Å²) in [7, 11) is 0. The molecule has 0 unspecified atom stereocenters. The Hall–Kier alpha value is -2.73. The maximum Gasteiger partial charge on any atom is 0.233 e. The lowest BCUT2D eigenvalue weighted by molar-refractivity contribution is -0.126. The van der Waals surface area contributed by atoms with Crippen LogP contribution in [-0.4, -0.2) is 34.9 Å². The molecule has 0 saturated carbocycles. The standard InChI is InChI=1S/C19H19FN4O/c20-17-8-4-7-15-12-23(13-16(15)17)22-19-21-9-10-24(19)18(25)11-14-5-2-1-3-6-14/h1-8H,9-13H2,(H,21,22). The molecule has 2 aliphatic rings. The first-order valence-electron chi connectivity index (χ1n) is 8.37. The van der Waals surface area contributed by atoms with E-state index in [2.05, 4.69) is 10.4 Å². The average Bonchev–Trinajstić information content (AvgIpc) is 3.23. The first-order chi connectivity index (χ1) is 12.2. The summed E-state index contributed by atoms with van der Waals surface area (Å²) in [5.41, 5.74) is 5.84. The van der Waals surface area contributed by atoms with Gasteiger partial charge in [-0.05, 0) is 17.2 Å². The lowest BCUT2D eigenvalue weighted by Crippen LogP contribution is -2.48. The number of halogens is 1. The van der Waals surface area contributed by atoms with E-state index in [1.165, 1.54) is 6.07 Å². The van der Waals surface area contributed by atoms with Crippen LogP contribution in [-0.2, 0) is 24.3 Å². The zero-order valence-corrected chi connectivity index (χ0v) is 13.8. The quantitative estimate of drug-likeness (QED) is 0.932. The van der Waals surface area contributed by atoms with Crippen molar-refractivity contribution in [2.75, 3.05) is 13.1 Å². The van der Waals surface area contributed by atoms with E-state index in [4.69, 9.17) is 0 Å². The van der Waals surface area contributed by atoms with Crippen molar-refractivity contribution in [2.24, 2.45) is 4.99 Å². The van der Waals surface area contributed by atoms with Gasteiger partial charge in [0.2, 0.25) is 11.9 Å². The number of nitrogens with one attached hydrogen (secondary N) is 1. The summed E-state index contributed by atoms with van der Waals surface area (Å²) in [6, 6.07) is 14.8. The fraction of sp³-hybridized carbons (Fsp3) is 0.263. The summed E-state index contributed by atoms with van der Waals surface area (Å²) in [4.78, 5) is 18.7. The van der Waals surface area contributed by atoms with Gasteiger partial charge in [0.15, 0.2) is 0 Å². The van der Waals surface area contributed by atoms with Gasteiger partial charge in [0.1, 0.15) is 5.82 Å². The van der Waals surface area contributed by atoms with Crippen LogP contribution >= 0.6 is 0 Å². The predicted octanol–water partition coefficient (Wildman–Crippen LogP) is 2.09. The number of hydrogen-bond acceptors (Lipinski definition) is 4. The van der Waals surface area contributed by atoms with Crippen LogP contribution in [0.4, 0.5) is 4.39 Å². The van der Waals surface area contributed by atoms with Crippen molar-refractivity contribution in [1.82, 2.24) is 15.3 Å². The van der Waals surface area contributed by atoms with E-state index in [9.17, 15) is 9.18 Å². The molecular formula is C19H19FN4O. The minimum atomic E-state index is -0.188. The zero-order valence-electron chi connectivity index (χ0n) is 13.8. The van der Waals surface area contributed by atoms with Crippen LogP contribution in [0.2, 0.25) is 0 Å². The van der Waals surface area contributed by atoms with Crippen LogP contribution in [0.3, 0.4) is 0 Å². The topological polar surface area (TPSA) is 47.9 Å². The van der Waals surface area contributed by atoms with Gasteiger partial charge in [-0.2, -0.15) is 0 Å². The lowest BCUT2D eigenvalue weighted by Gasteiger charge is -2.24. The summed E-state index contributed by atoms with van der Waals surface area (Å²) in [6.45, 7) is 2.20. The molecule has 0 bridgehead atoms. The molecule has 25 heavy (non-hydrogen) atoms. The van der Waals surface area contributed by atoms with E-state index in [0.29, 0.717) is 44.1 Å². The van der Waals surface area contributed by atoms with Crippen LogP contribution in [0.15, 0.2) is 53.5 Å². The highest BCUT2D eigenvalue weighted by molar-refractivity contribution is 5.98. The van der Waals surface area contributed by atoms with Crippen molar-refractivity contribution in [3.05, 3.63) is 71.0 Å². The molecule has 128 valence electrons. The molecule has 0 radical (unpaired) electrons. The Kier molecular flexibility index (Phi) is 4.19. The van der Waals surface area contributed by atoms with Crippen LogP contribution in [0.5, 0.6) is 0 Å². The second-order valence-corrected chi connectivity index (χ2v) is 6.26. The number of benzene rings is 2. The van der Waals surface area contributed by atoms with Crippen LogP contribution in [0, 0.1) is 5.82 Å². The smallest absolute Gasteiger partial charge is 0.233 e. The maximum atomic E-state index is 13.9. The SMILES string of the molecule is O=C(Cc1ccccc1)N1CCN=C1NN1Cc2cccc(F)c2C1. The van der Waals surface area contributed by atoms with Crippen LogP contribution in [0.25, 0.3) is 0 Å². The second-order valence-electron chi connectivity index (χ2n) is 6.26. The number of nitrogens with zero attached hydrogens (tertiary/aromatic N) is 3. The number of guanidine groups is 1. The molecule has 0 aliphatic carbocycles. The van der Waals surface area contributed by atoms with Crippen molar-refractivity contribution in [3.8, 4) is 0 Å². The Morgan fingerprint density at radius 1 is 1.12 bits per heavy atom. The monoisotopic (exact) mass is 338 g/mol. The summed E-state index contributed by atoms with van der Waals surface area (Å²) >= 11 is 0. The Balaban J connectivity index is 1.41. The first-order valence-corrected chi connectivity index (χ1v) is 8.37. The molecule has 0 atom stereocenters. The van der Waals surface area contributed by atoms with Crippen LogP contribution in [0.1, 0.15) is 16.7 Å². The molecule has 1 N–H and O–H groups in total. The fourth-order valence-electron chi connectivity index (χ4n) is 3.25. The minimum Gasteiger partial charge on any atom is -0.288 e. The summed E-state index contributed by atoms with van der Waals surface area (Å²) < 4.78 is 13.9. The number of amides is 1. The molecule has 2 aromatic carbocycles. The van der Waals surface area contributed by atoms with Gasteiger partial charge in [0.05, 0.1) is 13.0 Å². The Morgan fingerprint density at radius 2 is 1.96 bits per heavy atom. The highest BCUT2D eigenvalue weighted by Crippen LogP contribution is 2.23. The largest absolute Gasteiger partial charge is 0.288 e. The Morgan fingerprint density at radius 3 is 2.76 bits per heavy atom. The van der Waals surface area contributed by atoms with E-state index in [1.807, 2.05) is 41.4 Å².